The Bertz CT molecular complexity index is 1050. The van der Waals surface area contributed by atoms with E-state index in [1.54, 1.807) is 11.3 Å². The van der Waals surface area contributed by atoms with Crippen LogP contribution in [0.15, 0.2) is 35.7 Å². The summed E-state index contributed by atoms with van der Waals surface area (Å²) in [7, 11) is 0. The van der Waals surface area contributed by atoms with Crippen molar-refractivity contribution < 1.29 is 4.79 Å². The Kier molecular flexibility index (Phi) is 5.24. The lowest BCUT2D eigenvalue weighted by Gasteiger charge is -2.39. The van der Waals surface area contributed by atoms with Gasteiger partial charge in [-0.2, -0.15) is 0 Å². The Labute approximate surface area is 177 Å². The van der Waals surface area contributed by atoms with E-state index in [1.807, 2.05) is 17.5 Å². The van der Waals surface area contributed by atoms with Crippen molar-refractivity contribution in [2.24, 2.45) is 11.3 Å². The number of benzene rings is 1. The summed E-state index contributed by atoms with van der Waals surface area (Å²) < 4.78 is 0. The van der Waals surface area contributed by atoms with Crippen molar-refractivity contribution in [2.75, 3.05) is 0 Å². The zero-order chi connectivity index (χ0) is 20.8. The number of thiophene rings is 1. The number of hydrogen-bond acceptors (Lipinski definition) is 3. The second-order valence-electron chi connectivity index (χ2n) is 9.57. The highest BCUT2D eigenvalue weighted by molar-refractivity contribution is 7.13. The van der Waals surface area contributed by atoms with Gasteiger partial charge in [-0.05, 0) is 85.2 Å². The highest BCUT2D eigenvalue weighted by atomic mass is 32.1. The Hall–Kier alpha value is -2.20. The summed E-state index contributed by atoms with van der Waals surface area (Å²) in [5, 5.41) is 6.34. The summed E-state index contributed by atoms with van der Waals surface area (Å²) in [6, 6.07) is 10.5. The van der Waals surface area contributed by atoms with E-state index in [0.29, 0.717) is 5.92 Å². The molecule has 2 heterocycles. The average molecular weight is 407 g/mol. The number of fused-ring (bicyclic) bond motifs is 1. The normalized spacial score (nSPS) is 21.3. The number of amides is 1. The predicted molar refractivity (Wildman–Crippen MR) is 123 cm³/mol. The molecule has 0 aliphatic heterocycles. The van der Waals surface area contributed by atoms with E-state index in [9.17, 15) is 4.79 Å². The van der Waals surface area contributed by atoms with Gasteiger partial charge in [0.15, 0.2) is 0 Å². The third-order valence-electron chi connectivity index (χ3n) is 6.16. The first-order valence-electron chi connectivity index (χ1n) is 10.5. The van der Waals surface area contributed by atoms with Crippen LogP contribution in [-0.2, 0) is 0 Å². The Morgan fingerprint density at radius 3 is 2.62 bits per heavy atom. The van der Waals surface area contributed by atoms with E-state index in [-0.39, 0.29) is 17.4 Å². The maximum atomic E-state index is 13.4. The van der Waals surface area contributed by atoms with Crippen LogP contribution >= 0.6 is 11.3 Å². The lowest BCUT2D eigenvalue weighted by atomic mass is 9.70. The second kappa shape index (κ2) is 7.56. The summed E-state index contributed by atoms with van der Waals surface area (Å²) in [4.78, 5) is 19.4. The first-order valence-corrected chi connectivity index (χ1v) is 11.4. The van der Waals surface area contributed by atoms with Crippen LogP contribution in [0.2, 0.25) is 0 Å². The van der Waals surface area contributed by atoms with Gasteiger partial charge in [0.2, 0.25) is 0 Å². The van der Waals surface area contributed by atoms with E-state index in [2.05, 4.69) is 58.1 Å². The first-order chi connectivity index (χ1) is 13.7. The molecule has 1 saturated carbocycles. The van der Waals surface area contributed by atoms with E-state index in [1.165, 1.54) is 17.5 Å². The molecule has 1 N–H and O–H groups in total. The number of aromatic nitrogens is 1. The van der Waals surface area contributed by atoms with Gasteiger partial charge >= 0.3 is 0 Å². The third-order valence-corrected chi connectivity index (χ3v) is 7.06. The van der Waals surface area contributed by atoms with Gasteiger partial charge in [-0.3, -0.25) is 4.79 Å². The number of rotatable bonds is 3. The van der Waals surface area contributed by atoms with Gasteiger partial charge in [0, 0.05) is 11.4 Å². The standard InChI is InChI=1S/C25H30N2OS/c1-15-9-18(14-25(4,5)13-15)26-24(28)20-12-22(23-7-6-8-29-23)27-21-11-17(3)16(2)10-19(20)21/h6-8,10-12,15,18H,9,13-14H2,1-5H3,(H,26,28). The summed E-state index contributed by atoms with van der Waals surface area (Å²) in [5.74, 6) is 0.651. The molecule has 1 fully saturated rings. The van der Waals surface area contributed by atoms with Crippen LogP contribution in [0.4, 0.5) is 0 Å². The molecule has 1 aliphatic rings. The molecular weight excluding hydrogens is 376 g/mol. The van der Waals surface area contributed by atoms with Crippen molar-refractivity contribution in [3.8, 4) is 10.6 Å². The van der Waals surface area contributed by atoms with Crippen LogP contribution in [0.3, 0.4) is 0 Å². The van der Waals surface area contributed by atoms with Gasteiger partial charge in [-0.25, -0.2) is 4.98 Å². The van der Waals surface area contributed by atoms with Gasteiger partial charge in [0.25, 0.3) is 5.91 Å². The monoisotopic (exact) mass is 406 g/mol. The zero-order valence-corrected chi connectivity index (χ0v) is 18.8. The smallest absolute Gasteiger partial charge is 0.252 e. The molecule has 2 aromatic heterocycles. The van der Waals surface area contributed by atoms with Crippen LogP contribution in [0.5, 0.6) is 0 Å². The molecule has 29 heavy (non-hydrogen) atoms. The number of hydrogen-bond donors (Lipinski definition) is 1. The van der Waals surface area contributed by atoms with E-state index < -0.39 is 0 Å². The van der Waals surface area contributed by atoms with Gasteiger partial charge < -0.3 is 5.32 Å². The molecule has 1 aliphatic carbocycles. The molecule has 2 atom stereocenters. The maximum Gasteiger partial charge on any atom is 0.252 e. The van der Waals surface area contributed by atoms with Crippen molar-refractivity contribution in [2.45, 2.75) is 59.9 Å². The molecular formula is C25H30N2OS. The van der Waals surface area contributed by atoms with Gasteiger partial charge in [-0.15, -0.1) is 11.3 Å². The molecule has 4 rings (SSSR count). The van der Waals surface area contributed by atoms with E-state index >= 15 is 0 Å². The largest absolute Gasteiger partial charge is 0.349 e. The van der Waals surface area contributed by atoms with Crippen LogP contribution in [0.1, 0.15) is 61.5 Å². The quantitative estimate of drug-likeness (QED) is 0.537. The predicted octanol–water partition coefficient (Wildman–Crippen LogP) is 6.52. The maximum absolute atomic E-state index is 13.4. The Balaban J connectivity index is 1.75. The molecule has 0 radical (unpaired) electrons. The van der Waals surface area contributed by atoms with Crippen molar-refractivity contribution in [3.63, 3.8) is 0 Å². The van der Waals surface area contributed by atoms with Crippen molar-refractivity contribution in [1.29, 1.82) is 0 Å². The number of carbonyl (C=O) groups is 1. The number of pyridine rings is 1. The Morgan fingerprint density at radius 2 is 1.93 bits per heavy atom. The molecule has 4 heteroatoms. The number of carbonyl (C=O) groups excluding carboxylic acids is 1. The molecule has 1 aromatic carbocycles. The minimum atomic E-state index is 0.0216. The Morgan fingerprint density at radius 1 is 1.17 bits per heavy atom. The topological polar surface area (TPSA) is 42.0 Å². The number of nitrogens with zero attached hydrogens (tertiary/aromatic N) is 1. The number of nitrogens with one attached hydrogen (secondary N) is 1. The molecule has 0 spiro atoms. The summed E-state index contributed by atoms with van der Waals surface area (Å²) in [5.41, 5.74) is 5.15. The molecule has 2 unspecified atom stereocenters. The second-order valence-corrected chi connectivity index (χ2v) is 10.5. The lowest BCUT2D eigenvalue weighted by Crippen LogP contribution is -2.43. The van der Waals surface area contributed by atoms with Crippen LogP contribution in [0, 0.1) is 25.2 Å². The zero-order valence-electron chi connectivity index (χ0n) is 18.0. The highest BCUT2D eigenvalue weighted by Gasteiger charge is 2.33. The minimum absolute atomic E-state index is 0.0216. The molecule has 3 aromatic rings. The van der Waals surface area contributed by atoms with Crippen molar-refractivity contribution >= 4 is 28.1 Å². The summed E-state index contributed by atoms with van der Waals surface area (Å²) in [6.07, 6.45) is 3.30. The fourth-order valence-corrected chi connectivity index (χ4v) is 5.63. The molecule has 1 amide bonds. The molecule has 0 saturated heterocycles. The molecule has 3 nitrogen and oxygen atoms in total. The lowest BCUT2D eigenvalue weighted by molar-refractivity contribution is 0.0876. The van der Waals surface area contributed by atoms with Crippen LogP contribution in [0.25, 0.3) is 21.5 Å². The van der Waals surface area contributed by atoms with E-state index in [4.69, 9.17) is 4.98 Å². The van der Waals surface area contributed by atoms with Crippen LogP contribution < -0.4 is 5.32 Å². The van der Waals surface area contributed by atoms with Gasteiger partial charge in [-0.1, -0.05) is 26.8 Å². The van der Waals surface area contributed by atoms with Crippen molar-refractivity contribution in [1.82, 2.24) is 10.3 Å². The SMILES string of the molecule is Cc1cc2nc(-c3cccs3)cc(C(=O)NC3CC(C)CC(C)(C)C3)c2cc1C. The fraction of sp³-hybridized carbons (Fsp3) is 0.440. The highest BCUT2D eigenvalue weighted by Crippen LogP contribution is 2.38. The van der Waals surface area contributed by atoms with Crippen molar-refractivity contribution in [3.05, 3.63) is 52.4 Å². The van der Waals surface area contributed by atoms with Gasteiger partial charge in [0.05, 0.1) is 21.7 Å². The molecule has 0 bridgehead atoms. The van der Waals surface area contributed by atoms with Gasteiger partial charge in [0.1, 0.15) is 0 Å². The summed E-state index contributed by atoms with van der Waals surface area (Å²) in [6.45, 7) is 11.1. The average Bonchev–Trinajstić information content (AvgIpc) is 3.14. The summed E-state index contributed by atoms with van der Waals surface area (Å²) >= 11 is 1.65. The first kappa shape index (κ1) is 20.1. The van der Waals surface area contributed by atoms with Crippen LogP contribution in [-0.4, -0.2) is 16.9 Å². The fourth-order valence-electron chi connectivity index (χ4n) is 4.94. The molecule has 152 valence electrons. The number of aryl methyl sites for hydroxylation is 2. The minimum Gasteiger partial charge on any atom is -0.349 e. The third kappa shape index (κ3) is 4.23. The van der Waals surface area contributed by atoms with E-state index in [0.717, 1.165) is 39.9 Å².